The number of rotatable bonds is 7. The third-order valence-corrected chi connectivity index (χ3v) is 3.36. The van der Waals surface area contributed by atoms with E-state index in [1.54, 1.807) is 0 Å². The molecule has 3 N–H and O–H groups in total. The molecular weight excluding hydrogens is 228 g/mol. The van der Waals surface area contributed by atoms with Gasteiger partial charge in [-0.25, -0.2) is 4.98 Å². The van der Waals surface area contributed by atoms with Crippen LogP contribution in [0.15, 0.2) is 6.33 Å². The molecule has 100 valence electrons. The molecule has 0 aliphatic heterocycles. The lowest BCUT2D eigenvalue weighted by molar-refractivity contribution is 0.302. The van der Waals surface area contributed by atoms with Gasteiger partial charge in [-0.2, -0.15) is 4.98 Å². The molecule has 2 rings (SSSR count). The lowest BCUT2D eigenvalue weighted by Gasteiger charge is -2.25. The Kier molecular flexibility index (Phi) is 4.61. The summed E-state index contributed by atoms with van der Waals surface area (Å²) in [6, 6.07) is 0. The first kappa shape index (κ1) is 12.9. The van der Waals surface area contributed by atoms with Crippen molar-refractivity contribution in [1.82, 2.24) is 9.97 Å². The van der Waals surface area contributed by atoms with Crippen LogP contribution in [0.5, 0.6) is 5.88 Å². The van der Waals surface area contributed by atoms with E-state index in [-0.39, 0.29) is 0 Å². The fourth-order valence-corrected chi connectivity index (χ4v) is 2.01. The van der Waals surface area contributed by atoms with Gasteiger partial charge in [-0.1, -0.05) is 26.2 Å². The van der Waals surface area contributed by atoms with E-state index in [1.807, 2.05) is 0 Å². The van der Waals surface area contributed by atoms with E-state index in [0.717, 1.165) is 18.9 Å². The molecule has 0 atom stereocenters. The molecule has 0 saturated heterocycles. The topological polar surface area (TPSA) is 73.1 Å². The zero-order valence-corrected chi connectivity index (χ0v) is 11.0. The van der Waals surface area contributed by atoms with Crippen LogP contribution in [0.1, 0.15) is 39.0 Å². The zero-order valence-electron chi connectivity index (χ0n) is 11.0. The van der Waals surface area contributed by atoms with Gasteiger partial charge < -0.3 is 15.8 Å². The Bertz CT molecular complexity index is 379. The SMILES string of the molecule is CCCOc1ncnc(NCCC2CCC2)c1N. The maximum absolute atomic E-state index is 5.97. The maximum atomic E-state index is 5.97. The summed E-state index contributed by atoms with van der Waals surface area (Å²) >= 11 is 0. The van der Waals surface area contributed by atoms with Crippen LogP contribution in [-0.2, 0) is 0 Å². The molecule has 0 amide bonds. The summed E-state index contributed by atoms with van der Waals surface area (Å²) < 4.78 is 5.47. The van der Waals surface area contributed by atoms with Gasteiger partial charge in [0.25, 0.3) is 0 Å². The molecule has 0 spiro atoms. The van der Waals surface area contributed by atoms with E-state index in [0.29, 0.717) is 24.0 Å². The van der Waals surface area contributed by atoms with E-state index < -0.39 is 0 Å². The minimum Gasteiger partial charge on any atom is -0.476 e. The van der Waals surface area contributed by atoms with E-state index in [9.17, 15) is 0 Å². The first-order chi connectivity index (χ1) is 8.81. The predicted molar refractivity (Wildman–Crippen MR) is 72.7 cm³/mol. The molecule has 1 aliphatic rings. The third-order valence-electron chi connectivity index (χ3n) is 3.36. The molecule has 0 bridgehead atoms. The largest absolute Gasteiger partial charge is 0.476 e. The first-order valence-corrected chi connectivity index (χ1v) is 6.78. The summed E-state index contributed by atoms with van der Waals surface area (Å²) in [5.41, 5.74) is 6.49. The summed E-state index contributed by atoms with van der Waals surface area (Å²) in [7, 11) is 0. The van der Waals surface area contributed by atoms with Crippen LogP contribution in [0.25, 0.3) is 0 Å². The Morgan fingerprint density at radius 2 is 2.28 bits per heavy atom. The second-order valence-corrected chi connectivity index (χ2v) is 4.80. The molecule has 1 aliphatic carbocycles. The molecule has 18 heavy (non-hydrogen) atoms. The average Bonchev–Trinajstić information content (AvgIpc) is 2.32. The van der Waals surface area contributed by atoms with Gasteiger partial charge in [0.15, 0.2) is 5.82 Å². The minimum atomic E-state index is 0.484. The molecule has 0 unspecified atom stereocenters. The van der Waals surface area contributed by atoms with Crippen LogP contribution in [0, 0.1) is 5.92 Å². The van der Waals surface area contributed by atoms with Gasteiger partial charge in [0.1, 0.15) is 12.0 Å². The second-order valence-electron chi connectivity index (χ2n) is 4.80. The molecule has 1 aromatic heterocycles. The maximum Gasteiger partial charge on any atom is 0.242 e. The second kappa shape index (κ2) is 6.42. The minimum absolute atomic E-state index is 0.484. The van der Waals surface area contributed by atoms with Crippen LogP contribution >= 0.6 is 0 Å². The van der Waals surface area contributed by atoms with Gasteiger partial charge in [0, 0.05) is 6.54 Å². The number of ether oxygens (including phenoxy) is 1. The Morgan fingerprint density at radius 1 is 1.44 bits per heavy atom. The fourth-order valence-electron chi connectivity index (χ4n) is 2.01. The van der Waals surface area contributed by atoms with Crippen molar-refractivity contribution in [1.29, 1.82) is 0 Å². The monoisotopic (exact) mass is 250 g/mol. The highest BCUT2D eigenvalue weighted by Gasteiger charge is 2.17. The quantitative estimate of drug-likeness (QED) is 0.777. The van der Waals surface area contributed by atoms with Crippen molar-refractivity contribution in [3.63, 3.8) is 0 Å². The van der Waals surface area contributed by atoms with Crippen molar-refractivity contribution in [3.8, 4) is 5.88 Å². The smallest absolute Gasteiger partial charge is 0.242 e. The van der Waals surface area contributed by atoms with Crippen LogP contribution in [0.4, 0.5) is 11.5 Å². The summed E-state index contributed by atoms with van der Waals surface area (Å²) in [6.07, 6.45) is 7.74. The van der Waals surface area contributed by atoms with Gasteiger partial charge in [-0.3, -0.25) is 0 Å². The number of nitrogen functional groups attached to an aromatic ring is 1. The Balaban J connectivity index is 1.86. The molecular formula is C13H22N4O. The molecule has 5 nitrogen and oxygen atoms in total. The van der Waals surface area contributed by atoms with Crippen LogP contribution < -0.4 is 15.8 Å². The van der Waals surface area contributed by atoms with Crippen LogP contribution in [0.2, 0.25) is 0 Å². The lowest BCUT2D eigenvalue weighted by Crippen LogP contribution is -2.16. The summed E-state index contributed by atoms with van der Waals surface area (Å²) in [5.74, 6) is 2.06. The highest BCUT2D eigenvalue weighted by atomic mass is 16.5. The summed E-state index contributed by atoms with van der Waals surface area (Å²) in [4.78, 5) is 8.21. The van der Waals surface area contributed by atoms with E-state index >= 15 is 0 Å². The van der Waals surface area contributed by atoms with E-state index in [1.165, 1.54) is 32.0 Å². The number of hydrogen-bond donors (Lipinski definition) is 2. The number of nitrogens with one attached hydrogen (secondary N) is 1. The van der Waals surface area contributed by atoms with E-state index in [4.69, 9.17) is 10.5 Å². The van der Waals surface area contributed by atoms with Crippen molar-refractivity contribution < 1.29 is 4.74 Å². The summed E-state index contributed by atoms with van der Waals surface area (Å²) in [5, 5.41) is 3.27. The van der Waals surface area contributed by atoms with Crippen molar-refractivity contribution in [2.45, 2.75) is 39.0 Å². The van der Waals surface area contributed by atoms with Crippen molar-refractivity contribution in [3.05, 3.63) is 6.33 Å². The molecule has 1 saturated carbocycles. The highest BCUT2D eigenvalue weighted by Crippen LogP contribution is 2.30. The standard InChI is InChI=1S/C13H22N4O/c1-2-8-18-13-11(14)12(16-9-17-13)15-7-6-10-4-3-5-10/h9-10H,2-8,14H2,1H3,(H,15,16,17). The van der Waals surface area contributed by atoms with Gasteiger partial charge in [-0.05, 0) is 18.8 Å². The van der Waals surface area contributed by atoms with Gasteiger partial charge in [0.2, 0.25) is 5.88 Å². The van der Waals surface area contributed by atoms with Crippen molar-refractivity contribution in [2.24, 2.45) is 5.92 Å². The van der Waals surface area contributed by atoms with Gasteiger partial charge >= 0.3 is 0 Å². The number of anilines is 2. The molecule has 0 radical (unpaired) electrons. The third kappa shape index (κ3) is 3.24. The van der Waals surface area contributed by atoms with Crippen molar-refractivity contribution >= 4 is 11.5 Å². The number of nitrogens with zero attached hydrogens (tertiary/aromatic N) is 2. The predicted octanol–water partition coefficient (Wildman–Crippen LogP) is 2.45. The molecule has 1 aromatic rings. The Morgan fingerprint density at radius 3 is 2.94 bits per heavy atom. The Labute approximate surface area is 108 Å². The molecule has 1 heterocycles. The molecule has 1 fully saturated rings. The average molecular weight is 250 g/mol. The fraction of sp³-hybridized carbons (Fsp3) is 0.692. The first-order valence-electron chi connectivity index (χ1n) is 6.78. The van der Waals surface area contributed by atoms with Crippen molar-refractivity contribution in [2.75, 3.05) is 24.2 Å². The zero-order chi connectivity index (χ0) is 12.8. The summed E-state index contributed by atoms with van der Waals surface area (Å²) in [6.45, 7) is 3.59. The van der Waals surface area contributed by atoms with Crippen LogP contribution in [-0.4, -0.2) is 23.1 Å². The normalized spacial score (nSPS) is 15.2. The lowest BCUT2D eigenvalue weighted by atomic mass is 9.83. The molecule has 5 heteroatoms. The number of aromatic nitrogens is 2. The van der Waals surface area contributed by atoms with Gasteiger partial charge in [0.05, 0.1) is 6.61 Å². The van der Waals surface area contributed by atoms with Gasteiger partial charge in [-0.15, -0.1) is 0 Å². The number of hydrogen-bond acceptors (Lipinski definition) is 5. The van der Waals surface area contributed by atoms with E-state index in [2.05, 4.69) is 22.2 Å². The number of nitrogens with two attached hydrogens (primary N) is 1. The highest BCUT2D eigenvalue weighted by molar-refractivity contribution is 5.66. The van der Waals surface area contributed by atoms with Crippen LogP contribution in [0.3, 0.4) is 0 Å². The Hall–Kier alpha value is -1.52. The molecule has 0 aromatic carbocycles.